The van der Waals surface area contributed by atoms with Gasteiger partial charge in [0.25, 0.3) is 11.8 Å². The lowest BCUT2D eigenvalue weighted by Crippen LogP contribution is -2.42. The second-order valence-corrected chi connectivity index (χ2v) is 7.18. The van der Waals surface area contributed by atoms with Gasteiger partial charge >= 0.3 is 0 Å². The lowest BCUT2D eigenvalue weighted by atomic mass is 10.0. The van der Waals surface area contributed by atoms with Crippen LogP contribution in [0.1, 0.15) is 59.3 Å². The van der Waals surface area contributed by atoms with Gasteiger partial charge in [0.1, 0.15) is 0 Å². The fourth-order valence-electron chi connectivity index (χ4n) is 2.78. The maximum absolute atomic E-state index is 12.5. The summed E-state index contributed by atoms with van der Waals surface area (Å²) in [5.41, 5.74) is 3.29. The van der Waals surface area contributed by atoms with E-state index in [2.05, 4.69) is 26.1 Å². The lowest BCUT2D eigenvalue weighted by molar-refractivity contribution is 0.0911. The summed E-state index contributed by atoms with van der Waals surface area (Å²) in [5.74, 6) is -0.377. The molecule has 146 valence electrons. The zero-order chi connectivity index (χ0) is 18.7. The van der Waals surface area contributed by atoms with Gasteiger partial charge < -0.3 is 16.0 Å². The average molecular weight is 392 g/mol. The molecule has 7 nitrogen and oxygen atoms in total. The van der Waals surface area contributed by atoms with Crippen LogP contribution in [-0.2, 0) is 13.0 Å². The minimum absolute atomic E-state index is 0. The molecule has 3 rings (SSSR count). The molecule has 1 aromatic carbocycles. The molecule has 4 N–H and O–H groups in total. The van der Waals surface area contributed by atoms with Gasteiger partial charge in [-0.2, -0.15) is 5.10 Å². The Bertz CT molecular complexity index is 814. The van der Waals surface area contributed by atoms with Gasteiger partial charge in [-0.3, -0.25) is 14.7 Å². The Morgan fingerprint density at radius 2 is 1.89 bits per heavy atom. The highest BCUT2D eigenvalue weighted by atomic mass is 35.5. The normalized spacial score (nSPS) is 13.3. The summed E-state index contributed by atoms with van der Waals surface area (Å²) in [6.45, 7) is 7.52. The zero-order valence-electron chi connectivity index (χ0n) is 15.8. The van der Waals surface area contributed by atoms with Crippen LogP contribution in [0.4, 0.5) is 5.69 Å². The molecule has 0 unspecified atom stereocenters. The number of anilines is 1. The van der Waals surface area contributed by atoms with E-state index >= 15 is 0 Å². The van der Waals surface area contributed by atoms with Gasteiger partial charge in [-0.15, -0.1) is 12.4 Å². The van der Waals surface area contributed by atoms with Crippen LogP contribution in [0.3, 0.4) is 0 Å². The summed E-state index contributed by atoms with van der Waals surface area (Å²) in [4.78, 5) is 24.8. The number of amides is 2. The van der Waals surface area contributed by atoms with E-state index in [0.717, 1.165) is 30.6 Å². The Morgan fingerprint density at radius 1 is 1.19 bits per heavy atom. The number of fused-ring (bicyclic) bond motifs is 1. The largest absolute Gasteiger partial charge is 0.347 e. The standard InChI is InChI=1S/C19H25N5O2.ClH/c1-4-19(2,3)22-17(25)12-5-7-13(8-6-12)21-18(26)16-14-11-20-10-9-15(14)23-24-16;/h5-8,20H,4,9-11H2,1-3H3,(H,21,26)(H,22,25)(H,23,24);1H. The van der Waals surface area contributed by atoms with E-state index < -0.39 is 0 Å². The number of carbonyl (C=O) groups is 2. The highest BCUT2D eigenvalue weighted by Gasteiger charge is 2.22. The van der Waals surface area contributed by atoms with E-state index in [0.29, 0.717) is 23.5 Å². The topological polar surface area (TPSA) is 98.9 Å². The Labute approximate surface area is 165 Å². The Hall–Kier alpha value is -2.38. The molecular weight excluding hydrogens is 366 g/mol. The SMILES string of the molecule is CCC(C)(C)NC(=O)c1ccc(NC(=O)c2n[nH]c3c2CNCC3)cc1.Cl. The molecule has 0 bridgehead atoms. The molecule has 0 radical (unpaired) electrons. The first-order valence-electron chi connectivity index (χ1n) is 8.90. The second kappa shape index (κ2) is 8.54. The molecule has 1 aliphatic heterocycles. The third-order valence-electron chi connectivity index (χ3n) is 4.76. The zero-order valence-corrected chi connectivity index (χ0v) is 16.6. The Kier molecular flexibility index (Phi) is 6.62. The van der Waals surface area contributed by atoms with Gasteiger partial charge in [0.15, 0.2) is 5.69 Å². The van der Waals surface area contributed by atoms with Gasteiger partial charge in [0, 0.05) is 47.6 Å². The maximum atomic E-state index is 12.5. The predicted molar refractivity (Wildman–Crippen MR) is 107 cm³/mol. The minimum Gasteiger partial charge on any atom is -0.347 e. The Morgan fingerprint density at radius 3 is 2.56 bits per heavy atom. The third-order valence-corrected chi connectivity index (χ3v) is 4.76. The summed E-state index contributed by atoms with van der Waals surface area (Å²) < 4.78 is 0. The fourth-order valence-corrected chi connectivity index (χ4v) is 2.78. The number of nitrogens with one attached hydrogen (secondary N) is 4. The smallest absolute Gasteiger partial charge is 0.276 e. The van der Waals surface area contributed by atoms with Crippen molar-refractivity contribution in [2.75, 3.05) is 11.9 Å². The average Bonchev–Trinajstić information content (AvgIpc) is 3.06. The molecule has 1 aromatic heterocycles. The number of rotatable bonds is 5. The number of hydrogen-bond donors (Lipinski definition) is 4. The van der Waals surface area contributed by atoms with Crippen molar-refractivity contribution in [2.45, 2.75) is 45.7 Å². The number of benzene rings is 1. The van der Waals surface area contributed by atoms with Gasteiger partial charge in [-0.1, -0.05) is 6.92 Å². The van der Waals surface area contributed by atoms with Crippen molar-refractivity contribution in [3.63, 3.8) is 0 Å². The third kappa shape index (κ3) is 4.87. The van der Waals surface area contributed by atoms with Gasteiger partial charge in [-0.25, -0.2) is 0 Å². The van der Waals surface area contributed by atoms with Crippen molar-refractivity contribution >= 4 is 29.9 Å². The first kappa shape index (κ1) is 20.9. The number of hydrogen-bond acceptors (Lipinski definition) is 4. The van der Waals surface area contributed by atoms with Crippen LogP contribution in [0.25, 0.3) is 0 Å². The van der Waals surface area contributed by atoms with Crippen LogP contribution < -0.4 is 16.0 Å². The van der Waals surface area contributed by atoms with Crippen LogP contribution in [0, 0.1) is 0 Å². The van der Waals surface area contributed by atoms with Crippen molar-refractivity contribution in [1.82, 2.24) is 20.8 Å². The minimum atomic E-state index is -0.254. The summed E-state index contributed by atoms with van der Waals surface area (Å²) in [6, 6.07) is 6.86. The molecular formula is C19H26ClN5O2. The molecule has 2 heterocycles. The molecule has 0 fully saturated rings. The van der Waals surface area contributed by atoms with E-state index in [4.69, 9.17) is 0 Å². The lowest BCUT2D eigenvalue weighted by Gasteiger charge is -2.24. The number of halogens is 1. The van der Waals surface area contributed by atoms with Crippen molar-refractivity contribution in [2.24, 2.45) is 0 Å². The molecule has 0 spiro atoms. The van der Waals surface area contributed by atoms with Gasteiger partial charge in [-0.05, 0) is 44.5 Å². The molecule has 0 atom stereocenters. The molecule has 1 aliphatic rings. The molecule has 0 saturated carbocycles. The fraction of sp³-hybridized carbons (Fsp3) is 0.421. The Balaban J connectivity index is 0.00000261. The summed E-state index contributed by atoms with van der Waals surface area (Å²) in [6.07, 6.45) is 1.68. The summed E-state index contributed by atoms with van der Waals surface area (Å²) >= 11 is 0. The first-order chi connectivity index (χ1) is 12.4. The number of H-pyrrole nitrogens is 1. The number of aromatic nitrogens is 2. The van der Waals surface area contributed by atoms with Gasteiger partial charge in [0.05, 0.1) is 0 Å². The van der Waals surface area contributed by atoms with Crippen molar-refractivity contribution < 1.29 is 9.59 Å². The van der Waals surface area contributed by atoms with E-state index in [9.17, 15) is 9.59 Å². The number of nitrogens with zero attached hydrogens (tertiary/aromatic N) is 1. The summed E-state index contributed by atoms with van der Waals surface area (Å²) in [5, 5.41) is 16.2. The predicted octanol–water partition coefficient (Wildman–Crippen LogP) is 2.65. The van der Waals surface area contributed by atoms with E-state index in [-0.39, 0.29) is 29.8 Å². The first-order valence-corrected chi connectivity index (χ1v) is 8.90. The highest BCUT2D eigenvalue weighted by molar-refractivity contribution is 6.04. The number of aromatic amines is 1. The van der Waals surface area contributed by atoms with Crippen LogP contribution >= 0.6 is 12.4 Å². The van der Waals surface area contributed by atoms with Gasteiger partial charge in [0.2, 0.25) is 0 Å². The van der Waals surface area contributed by atoms with E-state index in [1.54, 1.807) is 24.3 Å². The molecule has 0 aliphatic carbocycles. The molecule has 8 heteroatoms. The molecule has 0 saturated heterocycles. The van der Waals surface area contributed by atoms with Crippen LogP contribution in [0.5, 0.6) is 0 Å². The molecule has 27 heavy (non-hydrogen) atoms. The van der Waals surface area contributed by atoms with Crippen LogP contribution in [0.2, 0.25) is 0 Å². The van der Waals surface area contributed by atoms with E-state index in [1.165, 1.54) is 0 Å². The highest BCUT2D eigenvalue weighted by Crippen LogP contribution is 2.18. The summed E-state index contributed by atoms with van der Waals surface area (Å²) in [7, 11) is 0. The van der Waals surface area contributed by atoms with E-state index in [1.807, 2.05) is 20.8 Å². The van der Waals surface area contributed by atoms with Crippen LogP contribution in [0.15, 0.2) is 24.3 Å². The molecule has 2 amide bonds. The van der Waals surface area contributed by atoms with Crippen molar-refractivity contribution in [1.29, 1.82) is 0 Å². The van der Waals surface area contributed by atoms with Crippen molar-refractivity contribution in [3.8, 4) is 0 Å². The molecule has 2 aromatic rings. The van der Waals surface area contributed by atoms with Crippen LogP contribution in [-0.4, -0.2) is 34.1 Å². The number of carbonyl (C=O) groups excluding carboxylic acids is 2. The maximum Gasteiger partial charge on any atom is 0.276 e. The van der Waals surface area contributed by atoms with Crippen molar-refractivity contribution in [3.05, 3.63) is 46.8 Å². The quantitative estimate of drug-likeness (QED) is 0.629. The second-order valence-electron chi connectivity index (χ2n) is 7.18. The monoisotopic (exact) mass is 391 g/mol.